The van der Waals surface area contributed by atoms with Crippen molar-refractivity contribution < 1.29 is 0 Å². The summed E-state index contributed by atoms with van der Waals surface area (Å²) >= 11 is 1.81. The maximum absolute atomic E-state index is 4.72. The molecule has 2 nitrogen and oxygen atoms in total. The lowest BCUT2D eigenvalue weighted by atomic mass is 9.80. The van der Waals surface area contributed by atoms with Crippen molar-refractivity contribution in [2.24, 2.45) is 5.92 Å². The topological polar surface area (TPSA) is 24.9 Å². The summed E-state index contributed by atoms with van der Waals surface area (Å²) in [6, 6.07) is 9.36. The van der Waals surface area contributed by atoms with Crippen LogP contribution in [0.25, 0.3) is 10.2 Å². The predicted molar refractivity (Wildman–Crippen MR) is 78.0 cm³/mol. The van der Waals surface area contributed by atoms with Gasteiger partial charge in [0.25, 0.3) is 0 Å². The molecule has 0 bridgehead atoms. The Bertz CT molecular complexity index is 497. The molecule has 1 aromatic heterocycles. The molecule has 1 N–H and O–H groups in total. The molecule has 0 amide bonds. The first-order valence-corrected chi connectivity index (χ1v) is 7.67. The van der Waals surface area contributed by atoms with E-state index in [1.165, 1.54) is 29.0 Å². The Morgan fingerprint density at radius 3 is 2.72 bits per heavy atom. The van der Waals surface area contributed by atoms with E-state index in [-0.39, 0.29) is 0 Å². The Morgan fingerprint density at radius 1 is 1.28 bits per heavy atom. The number of nitrogens with zero attached hydrogens (tertiary/aromatic N) is 1. The minimum Gasteiger partial charge on any atom is -0.305 e. The van der Waals surface area contributed by atoms with Crippen LogP contribution in [-0.2, 0) is 0 Å². The van der Waals surface area contributed by atoms with Crippen molar-refractivity contribution >= 4 is 21.6 Å². The Morgan fingerprint density at radius 2 is 2.06 bits per heavy atom. The second-order valence-electron chi connectivity index (χ2n) is 5.39. The van der Waals surface area contributed by atoms with Gasteiger partial charge in [-0.3, -0.25) is 0 Å². The molecule has 0 saturated heterocycles. The molecule has 1 aliphatic rings. The molecule has 2 aromatic rings. The Kier molecular flexibility index (Phi) is 3.35. The fourth-order valence-electron chi connectivity index (χ4n) is 2.62. The number of benzene rings is 1. The van der Waals surface area contributed by atoms with Crippen LogP contribution in [0.5, 0.6) is 0 Å². The first-order chi connectivity index (χ1) is 8.74. The third-order valence-corrected chi connectivity index (χ3v) is 5.27. The number of para-hydroxylation sites is 1. The molecule has 0 radical (unpaired) electrons. The van der Waals surface area contributed by atoms with Crippen molar-refractivity contribution in [3.63, 3.8) is 0 Å². The predicted octanol–water partition coefficient (Wildman–Crippen LogP) is 4.14. The van der Waals surface area contributed by atoms with E-state index in [4.69, 9.17) is 4.98 Å². The SMILES string of the molecule is CC(NC(C)C1CCC1)c1nc2ccccc2s1. The van der Waals surface area contributed by atoms with E-state index >= 15 is 0 Å². The van der Waals surface area contributed by atoms with Crippen LogP contribution < -0.4 is 5.32 Å². The fourth-order valence-corrected chi connectivity index (χ4v) is 3.60. The molecule has 1 aromatic carbocycles. The van der Waals surface area contributed by atoms with E-state index < -0.39 is 0 Å². The van der Waals surface area contributed by atoms with Gasteiger partial charge in [-0.05, 0) is 44.7 Å². The van der Waals surface area contributed by atoms with Crippen LogP contribution >= 0.6 is 11.3 Å². The van der Waals surface area contributed by atoms with Crippen LogP contribution in [0.2, 0.25) is 0 Å². The highest BCUT2D eigenvalue weighted by molar-refractivity contribution is 7.18. The summed E-state index contributed by atoms with van der Waals surface area (Å²) in [5.74, 6) is 0.877. The molecule has 1 heterocycles. The summed E-state index contributed by atoms with van der Waals surface area (Å²) in [5, 5.41) is 4.92. The lowest BCUT2D eigenvalue weighted by Crippen LogP contribution is -2.38. The molecule has 1 fully saturated rings. The minimum atomic E-state index is 0.359. The van der Waals surface area contributed by atoms with Gasteiger partial charge in [0.1, 0.15) is 5.01 Å². The molecule has 1 aliphatic carbocycles. The third kappa shape index (κ3) is 2.29. The summed E-state index contributed by atoms with van der Waals surface area (Å²) in [7, 11) is 0. The maximum Gasteiger partial charge on any atom is 0.111 e. The molecule has 0 aliphatic heterocycles. The van der Waals surface area contributed by atoms with Crippen LogP contribution in [0.3, 0.4) is 0 Å². The molecule has 0 spiro atoms. The van der Waals surface area contributed by atoms with Crippen LogP contribution in [0.1, 0.15) is 44.2 Å². The van der Waals surface area contributed by atoms with Crippen LogP contribution in [0.4, 0.5) is 0 Å². The largest absolute Gasteiger partial charge is 0.305 e. The molecule has 2 atom stereocenters. The average Bonchev–Trinajstić information content (AvgIpc) is 2.69. The number of thiazole rings is 1. The van der Waals surface area contributed by atoms with Crippen molar-refractivity contribution in [2.45, 2.75) is 45.2 Å². The lowest BCUT2D eigenvalue weighted by Gasteiger charge is -2.33. The smallest absolute Gasteiger partial charge is 0.111 e. The Balaban J connectivity index is 1.72. The summed E-state index contributed by atoms with van der Waals surface area (Å²) in [6.07, 6.45) is 4.19. The van der Waals surface area contributed by atoms with Crippen LogP contribution in [-0.4, -0.2) is 11.0 Å². The van der Waals surface area contributed by atoms with Gasteiger partial charge in [0.05, 0.1) is 16.3 Å². The van der Waals surface area contributed by atoms with E-state index in [2.05, 4.69) is 43.4 Å². The highest BCUT2D eigenvalue weighted by Crippen LogP contribution is 2.31. The molecule has 3 heteroatoms. The van der Waals surface area contributed by atoms with Crippen LogP contribution in [0.15, 0.2) is 24.3 Å². The van der Waals surface area contributed by atoms with Gasteiger partial charge in [0.2, 0.25) is 0 Å². The van der Waals surface area contributed by atoms with Gasteiger partial charge >= 0.3 is 0 Å². The van der Waals surface area contributed by atoms with Gasteiger partial charge < -0.3 is 5.32 Å². The molecule has 2 unspecified atom stereocenters. The van der Waals surface area contributed by atoms with Crippen molar-refractivity contribution in [1.29, 1.82) is 0 Å². The number of nitrogens with one attached hydrogen (secondary N) is 1. The minimum absolute atomic E-state index is 0.359. The fraction of sp³-hybridized carbons (Fsp3) is 0.533. The monoisotopic (exact) mass is 260 g/mol. The molecular weight excluding hydrogens is 240 g/mol. The number of fused-ring (bicyclic) bond motifs is 1. The highest BCUT2D eigenvalue weighted by atomic mass is 32.1. The first kappa shape index (κ1) is 12.1. The highest BCUT2D eigenvalue weighted by Gasteiger charge is 2.25. The van der Waals surface area contributed by atoms with Gasteiger partial charge in [-0.2, -0.15) is 0 Å². The summed E-state index contributed by atoms with van der Waals surface area (Å²) in [5.41, 5.74) is 1.13. The summed E-state index contributed by atoms with van der Waals surface area (Å²) in [4.78, 5) is 4.72. The van der Waals surface area contributed by atoms with Gasteiger partial charge in [-0.15, -0.1) is 11.3 Å². The number of rotatable bonds is 4. The van der Waals surface area contributed by atoms with E-state index in [1.54, 1.807) is 0 Å². The van der Waals surface area contributed by atoms with E-state index in [1.807, 2.05) is 11.3 Å². The van der Waals surface area contributed by atoms with Crippen molar-refractivity contribution in [1.82, 2.24) is 10.3 Å². The zero-order chi connectivity index (χ0) is 12.5. The second kappa shape index (κ2) is 4.98. The standard InChI is InChI=1S/C15H20N2S/c1-10(12-6-5-7-12)16-11(2)15-17-13-8-3-4-9-14(13)18-15/h3-4,8-12,16H,5-7H2,1-2H3. The summed E-state index contributed by atoms with van der Waals surface area (Å²) < 4.78 is 1.29. The Labute approximate surface area is 112 Å². The maximum atomic E-state index is 4.72. The van der Waals surface area contributed by atoms with Gasteiger partial charge in [-0.25, -0.2) is 4.98 Å². The van der Waals surface area contributed by atoms with Crippen LogP contribution in [0, 0.1) is 5.92 Å². The van der Waals surface area contributed by atoms with Gasteiger partial charge in [0.15, 0.2) is 0 Å². The molecular formula is C15H20N2S. The quantitative estimate of drug-likeness (QED) is 0.894. The van der Waals surface area contributed by atoms with E-state index in [0.717, 1.165) is 11.4 Å². The van der Waals surface area contributed by atoms with Crippen molar-refractivity contribution in [3.8, 4) is 0 Å². The van der Waals surface area contributed by atoms with E-state index in [0.29, 0.717) is 12.1 Å². The first-order valence-electron chi connectivity index (χ1n) is 6.85. The zero-order valence-electron chi connectivity index (χ0n) is 11.0. The second-order valence-corrected chi connectivity index (χ2v) is 6.45. The van der Waals surface area contributed by atoms with Gasteiger partial charge in [-0.1, -0.05) is 18.6 Å². The molecule has 1 saturated carbocycles. The number of aromatic nitrogens is 1. The average molecular weight is 260 g/mol. The molecule has 96 valence electrons. The Hall–Kier alpha value is -0.930. The van der Waals surface area contributed by atoms with Crippen molar-refractivity contribution in [3.05, 3.63) is 29.3 Å². The number of hydrogen-bond donors (Lipinski definition) is 1. The van der Waals surface area contributed by atoms with Gasteiger partial charge in [0, 0.05) is 6.04 Å². The lowest BCUT2D eigenvalue weighted by molar-refractivity contribution is 0.229. The molecule has 18 heavy (non-hydrogen) atoms. The normalized spacial score (nSPS) is 19.7. The number of hydrogen-bond acceptors (Lipinski definition) is 3. The summed E-state index contributed by atoms with van der Waals surface area (Å²) in [6.45, 7) is 4.54. The molecule has 3 rings (SSSR count). The third-order valence-electron chi connectivity index (χ3n) is 4.05. The van der Waals surface area contributed by atoms with E-state index in [9.17, 15) is 0 Å². The van der Waals surface area contributed by atoms with Crippen molar-refractivity contribution in [2.75, 3.05) is 0 Å². The zero-order valence-corrected chi connectivity index (χ0v) is 11.8.